The molecular formula is C6H14N2O2P2. The predicted molar refractivity (Wildman–Crippen MR) is 55.0 cm³/mol. The molecule has 2 N–H and O–H groups in total. The third kappa shape index (κ3) is 3.99. The maximum atomic E-state index is 11.0. The number of nitrogens with one attached hydrogen (secondary N) is 2. The number of carbonyl (C=O) groups excluding carboxylic acids is 2. The number of carbonyl (C=O) groups is 2. The van der Waals surface area contributed by atoms with Gasteiger partial charge in [-0.25, -0.2) is 4.79 Å². The van der Waals surface area contributed by atoms with Gasteiger partial charge in [0.2, 0.25) is 0 Å². The largest absolute Gasteiger partial charge is 0.338 e. The van der Waals surface area contributed by atoms with Crippen LogP contribution in [-0.4, -0.2) is 23.4 Å². The lowest BCUT2D eigenvalue weighted by Gasteiger charge is -2.22. The molecule has 2 atom stereocenters. The second-order valence-electron chi connectivity index (χ2n) is 2.41. The Balaban J connectivity index is 4.06. The molecule has 0 heterocycles. The van der Waals surface area contributed by atoms with E-state index in [0.29, 0.717) is 6.54 Å². The van der Waals surface area contributed by atoms with E-state index >= 15 is 0 Å². The maximum Gasteiger partial charge on any atom is 0.316 e. The summed E-state index contributed by atoms with van der Waals surface area (Å²) in [6, 6.07) is -0.349. The first kappa shape index (κ1) is 11.8. The van der Waals surface area contributed by atoms with E-state index in [1.165, 1.54) is 6.92 Å². The third-order valence-electron chi connectivity index (χ3n) is 1.24. The summed E-state index contributed by atoms with van der Waals surface area (Å²) in [5.41, 5.74) is 0. The Kier molecular flexibility index (Phi) is 4.66. The van der Waals surface area contributed by atoms with Gasteiger partial charge in [0.15, 0.2) is 5.78 Å². The van der Waals surface area contributed by atoms with Crippen LogP contribution in [0, 0.1) is 0 Å². The van der Waals surface area contributed by atoms with Crippen molar-refractivity contribution in [3.05, 3.63) is 0 Å². The van der Waals surface area contributed by atoms with E-state index in [1.54, 1.807) is 6.92 Å². The van der Waals surface area contributed by atoms with Crippen LogP contribution in [0.1, 0.15) is 13.8 Å². The molecular weight excluding hydrogens is 194 g/mol. The molecule has 0 aliphatic rings. The Labute approximate surface area is 76.6 Å². The molecule has 4 nitrogen and oxygen atoms in total. The Morgan fingerprint density at radius 2 is 1.92 bits per heavy atom. The number of hydrogen-bond donors (Lipinski definition) is 2. The molecule has 2 amide bonds. The van der Waals surface area contributed by atoms with Crippen molar-refractivity contribution in [2.75, 3.05) is 6.54 Å². The average Bonchev–Trinajstić information content (AvgIpc) is 1.85. The highest BCUT2D eigenvalue weighted by molar-refractivity contribution is 7.42. The van der Waals surface area contributed by atoms with Crippen LogP contribution in [0.2, 0.25) is 0 Å². The minimum absolute atomic E-state index is 0.135. The Hall–Kier alpha value is -0.200. The molecule has 0 bridgehead atoms. The summed E-state index contributed by atoms with van der Waals surface area (Å²) in [6.45, 7) is 3.75. The molecule has 0 saturated carbocycles. The number of Topliss-reactive ketones (excluding diaryl/α,β-unsaturated/α-hetero) is 1. The highest BCUT2D eigenvalue weighted by Gasteiger charge is 2.25. The molecule has 0 aromatic heterocycles. The van der Waals surface area contributed by atoms with E-state index < -0.39 is 5.02 Å². The molecule has 70 valence electrons. The van der Waals surface area contributed by atoms with Crippen molar-refractivity contribution in [2.24, 2.45) is 0 Å². The molecule has 2 unspecified atom stereocenters. The van der Waals surface area contributed by atoms with Gasteiger partial charge in [0.05, 0.1) is 0 Å². The van der Waals surface area contributed by atoms with Crippen LogP contribution in [0.5, 0.6) is 0 Å². The monoisotopic (exact) mass is 208 g/mol. The fraction of sp³-hybridized carbons (Fsp3) is 0.667. The van der Waals surface area contributed by atoms with Crippen molar-refractivity contribution in [3.8, 4) is 0 Å². The van der Waals surface area contributed by atoms with Gasteiger partial charge >= 0.3 is 6.03 Å². The lowest BCUT2D eigenvalue weighted by atomic mass is 10.4. The first-order valence-corrected chi connectivity index (χ1v) is 4.70. The normalized spacial score (nSPS) is 10.7. The topological polar surface area (TPSA) is 58.2 Å². The molecule has 0 aromatic rings. The van der Waals surface area contributed by atoms with Crippen LogP contribution in [0.15, 0.2) is 0 Å². The van der Waals surface area contributed by atoms with E-state index in [0.717, 1.165) is 0 Å². The summed E-state index contributed by atoms with van der Waals surface area (Å²) in [5.74, 6) is -0.135. The zero-order valence-electron chi connectivity index (χ0n) is 7.18. The quantitative estimate of drug-likeness (QED) is 0.655. The lowest BCUT2D eigenvalue weighted by molar-refractivity contribution is -0.117. The van der Waals surface area contributed by atoms with E-state index in [4.69, 9.17) is 0 Å². The van der Waals surface area contributed by atoms with Gasteiger partial charge in [-0.05, 0) is 13.8 Å². The molecule has 0 aliphatic carbocycles. The summed E-state index contributed by atoms with van der Waals surface area (Å²) in [5, 5.41) is 4.07. The van der Waals surface area contributed by atoms with Crippen molar-refractivity contribution < 1.29 is 9.59 Å². The van der Waals surface area contributed by atoms with Gasteiger partial charge < -0.3 is 10.6 Å². The van der Waals surface area contributed by atoms with Gasteiger partial charge in [-0.2, -0.15) is 0 Å². The summed E-state index contributed by atoms with van der Waals surface area (Å²) in [4.78, 5) is 21.9. The molecule has 6 heteroatoms. The predicted octanol–water partition coefficient (Wildman–Crippen LogP) is 0.298. The summed E-state index contributed by atoms with van der Waals surface area (Å²) in [6.07, 6.45) is 0. The number of amides is 2. The number of hydrogen-bond acceptors (Lipinski definition) is 2. The fourth-order valence-electron chi connectivity index (χ4n) is 0.481. The molecule has 12 heavy (non-hydrogen) atoms. The zero-order valence-corrected chi connectivity index (χ0v) is 9.49. The maximum absolute atomic E-state index is 11.0. The number of rotatable bonds is 3. The number of urea groups is 1. The summed E-state index contributed by atoms with van der Waals surface area (Å²) < 4.78 is 0. The van der Waals surface area contributed by atoms with Crippen molar-refractivity contribution in [1.29, 1.82) is 0 Å². The van der Waals surface area contributed by atoms with E-state index in [2.05, 4.69) is 29.1 Å². The van der Waals surface area contributed by atoms with Crippen molar-refractivity contribution in [2.45, 2.75) is 18.9 Å². The van der Waals surface area contributed by atoms with Crippen LogP contribution in [0.25, 0.3) is 0 Å². The highest BCUT2D eigenvalue weighted by Crippen LogP contribution is 2.23. The molecule has 0 aromatic carbocycles. The van der Waals surface area contributed by atoms with Gasteiger partial charge in [-0.1, -0.05) is 18.5 Å². The second-order valence-corrected chi connectivity index (χ2v) is 4.90. The standard InChI is InChI=1S/C6H14N2O2P2/c1-3-7-5(10)8-6(11,12)4(2)9/h3,11-12H2,1-2H3,(H2,7,8,10). The molecule has 0 aliphatic heterocycles. The van der Waals surface area contributed by atoms with E-state index in [-0.39, 0.29) is 11.8 Å². The Morgan fingerprint density at radius 3 is 2.25 bits per heavy atom. The molecule has 0 radical (unpaired) electrons. The fourth-order valence-corrected chi connectivity index (χ4v) is 0.743. The highest BCUT2D eigenvalue weighted by atomic mass is 31.1. The van der Waals surface area contributed by atoms with Crippen LogP contribution in [0.4, 0.5) is 4.79 Å². The first-order chi connectivity index (χ1) is 5.40. The number of ketones is 1. The SMILES string of the molecule is CCNC(=O)NC(P)(P)C(C)=O. The Bertz CT molecular complexity index is 194. The van der Waals surface area contributed by atoms with Crippen LogP contribution >= 0.6 is 18.5 Å². The zero-order chi connectivity index (χ0) is 9.78. The summed E-state index contributed by atoms with van der Waals surface area (Å²) in [7, 11) is 4.53. The third-order valence-corrected chi connectivity index (χ3v) is 2.34. The molecule has 0 fully saturated rings. The van der Waals surface area contributed by atoms with Gasteiger partial charge in [-0.15, -0.1) is 0 Å². The first-order valence-electron chi connectivity index (χ1n) is 3.55. The van der Waals surface area contributed by atoms with Crippen molar-refractivity contribution in [1.82, 2.24) is 10.6 Å². The van der Waals surface area contributed by atoms with Gasteiger partial charge in [-0.3, -0.25) is 4.79 Å². The summed E-state index contributed by atoms with van der Waals surface area (Å²) >= 11 is 0. The molecule has 0 saturated heterocycles. The van der Waals surface area contributed by atoms with E-state index in [9.17, 15) is 9.59 Å². The minimum Gasteiger partial charge on any atom is -0.338 e. The van der Waals surface area contributed by atoms with Gasteiger partial charge in [0.25, 0.3) is 0 Å². The Morgan fingerprint density at radius 1 is 1.42 bits per heavy atom. The molecule has 0 spiro atoms. The van der Waals surface area contributed by atoms with Gasteiger partial charge in [0, 0.05) is 6.54 Å². The lowest BCUT2D eigenvalue weighted by Crippen LogP contribution is -2.48. The van der Waals surface area contributed by atoms with Crippen LogP contribution in [0.3, 0.4) is 0 Å². The van der Waals surface area contributed by atoms with Crippen LogP contribution in [-0.2, 0) is 4.79 Å². The second kappa shape index (κ2) is 4.74. The van der Waals surface area contributed by atoms with E-state index in [1.807, 2.05) is 0 Å². The van der Waals surface area contributed by atoms with Gasteiger partial charge in [0.1, 0.15) is 5.02 Å². The van der Waals surface area contributed by atoms with Crippen molar-refractivity contribution >= 4 is 30.3 Å². The average molecular weight is 208 g/mol. The smallest absolute Gasteiger partial charge is 0.316 e. The minimum atomic E-state index is -0.945. The van der Waals surface area contributed by atoms with Crippen LogP contribution < -0.4 is 10.6 Å². The van der Waals surface area contributed by atoms with Crippen molar-refractivity contribution in [3.63, 3.8) is 0 Å². The molecule has 0 rings (SSSR count).